The van der Waals surface area contributed by atoms with Crippen molar-refractivity contribution in [1.82, 2.24) is 9.88 Å². The number of hydrogen-bond acceptors (Lipinski definition) is 5. The highest BCUT2D eigenvalue weighted by Crippen LogP contribution is 2.28. The maximum atomic E-state index is 12.5. The van der Waals surface area contributed by atoms with Gasteiger partial charge in [0.2, 0.25) is 0 Å². The summed E-state index contributed by atoms with van der Waals surface area (Å²) < 4.78 is 0. The topological polar surface area (TPSA) is 73.7 Å². The Kier molecular flexibility index (Phi) is 5.28. The smallest absolute Gasteiger partial charge is 0.263 e. The largest absolute Gasteiger partial charge is 0.396 e. The summed E-state index contributed by atoms with van der Waals surface area (Å²) >= 11 is 1.41. The second-order valence-electron chi connectivity index (χ2n) is 5.69. The predicted molar refractivity (Wildman–Crippen MR) is 86.8 cm³/mol. The molecule has 0 saturated carbocycles. The monoisotopic (exact) mass is 320 g/mol. The Hall–Kier alpha value is -1.76. The molecule has 0 fully saturated rings. The number of carbonyl (C=O) groups excluding carboxylic acids is 1. The molecule has 0 bridgehead atoms. The van der Waals surface area contributed by atoms with Gasteiger partial charge >= 0.3 is 0 Å². The van der Waals surface area contributed by atoms with E-state index in [1.807, 2.05) is 18.2 Å². The minimum Gasteiger partial charge on any atom is -0.396 e. The summed E-state index contributed by atoms with van der Waals surface area (Å²) in [4.78, 5) is 19.7. The molecule has 0 saturated heterocycles. The molecule has 6 heteroatoms. The Morgan fingerprint density at radius 1 is 1.32 bits per heavy atom. The Bertz CT molecular complexity index is 623. The number of rotatable bonds is 6. The first kappa shape index (κ1) is 16.6. The van der Waals surface area contributed by atoms with Crippen molar-refractivity contribution in [1.29, 1.82) is 0 Å². The maximum absolute atomic E-state index is 12.5. The van der Waals surface area contributed by atoms with Gasteiger partial charge in [0.1, 0.15) is 0 Å². The summed E-state index contributed by atoms with van der Waals surface area (Å²) in [5.41, 5.74) is 0.276. The van der Waals surface area contributed by atoms with Gasteiger partial charge in [0.25, 0.3) is 5.91 Å². The van der Waals surface area contributed by atoms with Crippen molar-refractivity contribution in [3.8, 4) is 10.4 Å². The van der Waals surface area contributed by atoms with E-state index >= 15 is 0 Å². The molecule has 5 nitrogen and oxygen atoms in total. The van der Waals surface area contributed by atoms with Crippen LogP contribution in [-0.4, -0.2) is 52.8 Å². The lowest BCUT2D eigenvalue weighted by molar-refractivity contribution is 0.0368. The van der Waals surface area contributed by atoms with Gasteiger partial charge in [-0.25, -0.2) is 0 Å². The molecule has 2 aromatic heterocycles. The van der Waals surface area contributed by atoms with Crippen LogP contribution in [0, 0.1) is 5.41 Å². The molecule has 2 aromatic rings. The normalized spacial score (nSPS) is 11.5. The average Bonchev–Trinajstić information content (AvgIpc) is 3.04. The number of hydrogen-bond donors (Lipinski definition) is 2. The van der Waals surface area contributed by atoms with Crippen molar-refractivity contribution in [2.24, 2.45) is 5.41 Å². The molecule has 0 spiro atoms. The van der Waals surface area contributed by atoms with Gasteiger partial charge in [-0.3, -0.25) is 9.78 Å². The minimum absolute atomic E-state index is 0.117. The fourth-order valence-corrected chi connectivity index (χ4v) is 3.09. The molecule has 0 unspecified atom stereocenters. The summed E-state index contributed by atoms with van der Waals surface area (Å²) in [6.07, 6.45) is 3.47. The predicted octanol–water partition coefficient (Wildman–Crippen LogP) is 1.87. The van der Waals surface area contributed by atoms with Crippen LogP contribution >= 0.6 is 11.3 Å². The van der Waals surface area contributed by atoms with Crippen molar-refractivity contribution in [2.75, 3.05) is 26.8 Å². The van der Waals surface area contributed by atoms with Crippen molar-refractivity contribution in [3.05, 3.63) is 41.5 Å². The summed E-state index contributed by atoms with van der Waals surface area (Å²) in [5.74, 6) is -0.117. The highest BCUT2D eigenvalue weighted by atomic mass is 32.1. The van der Waals surface area contributed by atoms with Crippen LogP contribution in [0.25, 0.3) is 10.4 Å². The van der Waals surface area contributed by atoms with Crippen molar-refractivity contribution < 1.29 is 15.0 Å². The van der Waals surface area contributed by atoms with Crippen LogP contribution in [0.5, 0.6) is 0 Å². The molecule has 0 radical (unpaired) electrons. The van der Waals surface area contributed by atoms with Gasteiger partial charge in [0, 0.05) is 41.8 Å². The fraction of sp³-hybridized carbons (Fsp3) is 0.375. The van der Waals surface area contributed by atoms with E-state index < -0.39 is 5.41 Å². The van der Waals surface area contributed by atoms with Crippen molar-refractivity contribution in [3.63, 3.8) is 0 Å². The molecule has 0 aliphatic carbocycles. The third kappa shape index (κ3) is 3.71. The summed E-state index contributed by atoms with van der Waals surface area (Å²) in [6, 6.07) is 7.50. The van der Waals surface area contributed by atoms with Gasteiger partial charge in [-0.05, 0) is 18.2 Å². The zero-order valence-corrected chi connectivity index (χ0v) is 13.5. The highest BCUT2D eigenvalue weighted by Gasteiger charge is 2.27. The van der Waals surface area contributed by atoms with Crippen molar-refractivity contribution in [2.45, 2.75) is 6.92 Å². The lowest BCUT2D eigenvalue weighted by Gasteiger charge is -2.30. The minimum atomic E-state index is -0.701. The van der Waals surface area contributed by atoms with E-state index in [2.05, 4.69) is 4.98 Å². The zero-order chi connectivity index (χ0) is 16.2. The van der Waals surface area contributed by atoms with Gasteiger partial charge in [-0.1, -0.05) is 13.0 Å². The molecule has 0 aromatic carbocycles. The maximum Gasteiger partial charge on any atom is 0.263 e. The SMILES string of the molecule is CN(CC(C)(CO)CO)C(=O)c1ccc(-c2cccnc2)s1. The highest BCUT2D eigenvalue weighted by molar-refractivity contribution is 7.17. The Morgan fingerprint density at radius 3 is 2.64 bits per heavy atom. The Morgan fingerprint density at radius 2 is 2.05 bits per heavy atom. The molecular formula is C16H20N2O3S. The van der Waals surface area contributed by atoms with Gasteiger partial charge in [0.15, 0.2) is 0 Å². The number of amides is 1. The average molecular weight is 320 g/mol. The van der Waals surface area contributed by atoms with E-state index in [0.29, 0.717) is 11.4 Å². The Balaban J connectivity index is 2.12. The van der Waals surface area contributed by atoms with Crippen LogP contribution in [-0.2, 0) is 0 Å². The Labute approximate surface area is 133 Å². The number of aromatic nitrogens is 1. The molecule has 0 aliphatic heterocycles. The molecular weight excluding hydrogens is 300 g/mol. The number of nitrogens with zero attached hydrogens (tertiary/aromatic N) is 2. The lowest BCUT2D eigenvalue weighted by Crippen LogP contribution is -2.41. The molecule has 118 valence electrons. The van der Waals surface area contributed by atoms with Crippen LogP contribution in [0.3, 0.4) is 0 Å². The molecule has 1 amide bonds. The van der Waals surface area contributed by atoms with E-state index in [1.165, 1.54) is 16.2 Å². The first-order chi connectivity index (χ1) is 10.5. The molecule has 2 N–H and O–H groups in total. The standard InChI is InChI=1S/C16H20N2O3S/c1-16(10-19,11-20)9-18(2)15(21)14-6-5-13(22-14)12-4-3-7-17-8-12/h3-8,19-20H,9-11H2,1-2H3. The van der Waals surface area contributed by atoms with Crippen molar-refractivity contribution >= 4 is 17.2 Å². The third-order valence-corrected chi connectivity index (χ3v) is 4.61. The molecule has 2 heterocycles. The molecule has 0 atom stereocenters. The third-order valence-electron chi connectivity index (χ3n) is 3.49. The first-order valence-corrected chi connectivity index (χ1v) is 7.78. The van der Waals surface area contributed by atoms with E-state index in [4.69, 9.17) is 0 Å². The lowest BCUT2D eigenvalue weighted by atomic mass is 9.92. The second kappa shape index (κ2) is 7.00. The number of aliphatic hydroxyl groups is 2. The molecule has 0 aliphatic rings. The van der Waals surface area contributed by atoms with Gasteiger partial charge in [0.05, 0.1) is 18.1 Å². The van der Waals surface area contributed by atoms with Gasteiger partial charge < -0.3 is 15.1 Å². The number of pyridine rings is 1. The number of aliphatic hydroxyl groups excluding tert-OH is 2. The summed E-state index contributed by atoms with van der Waals surface area (Å²) in [5, 5.41) is 18.7. The van der Waals surface area contributed by atoms with E-state index in [1.54, 1.807) is 32.4 Å². The van der Waals surface area contributed by atoms with Crippen LogP contribution < -0.4 is 0 Å². The molecule has 22 heavy (non-hydrogen) atoms. The fourth-order valence-electron chi connectivity index (χ4n) is 2.10. The number of thiophene rings is 1. The van der Waals surface area contributed by atoms with Crippen LogP contribution in [0.15, 0.2) is 36.7 Å². The summed E-state index contributed by atoms with van der Waals surface area (Å²) in [6.45, 7) is 1.68. The van der Waals surface area contributed by atoms with E-state index in [0.717, 1.165) is 10.4 Å². The molecule has 2 rings (SSSR count). The first-order valence-electron chi connectivity index (χ1n) is 6.96. The van der Waals surface area contributed by atoms with Crippen LogP contribution in [0.1, 0.15) is 16.6 Å². The van der Waals surface area contributed by atoms with Crippen LogP contribution in [0.4, 0.5) is 0 Å². The second-order valence-corrected chi connectivity index (χ2v) is 6.78. The van der Waals surface area contributed by atoms with Gasteiger partial charge in [-0.15, -0.1) is 11.3 Å². The van der Waals surface area contributed by atoms with E-state index in [-0.39, 0.29) is 19.1 Å². The summed E-state index contributed by atoms with van der Waals surface area (Å²) in [7, 11) is 1.68. The van der Waals surface area contributed by atoms with Gasteiger partial charge in [-0.2, -0.15) is 0 Å². The van der Waals surface area contributed by atoms with E-state index in [9.17, 15) is 15.0 Å². The number of carbonyl (C=O) groups is 1. The quantitative estimate of drug-likeness (QED) is 0.852. The zero-order valence-electron chi connectivity index (χ0n) is 12.7. The van der Waals surface area contributed by atoms with Crippen LogP contribution in [0.2, 0.25) is 0 Å².